The summed E-state index contributed by atoms with van der Waals surface area (Å²) >= 11 is 8.76. The minimum absolute atomic E-state index is 0.182. The van der Waals surface area contributed by atoms with E-state index in [1.165, 1.54) is 5.49 Å². The van der Waals surface area contributed by atoms with Gasteiger partial charge < -0.3 is 5.73 Å². The Morgan fingerprint density at radius 1 is 1.71 bits per heavy atom. The molecule has 0 bridgehead atoms. The summed E-state index contributed by atoms with van der Waals surface area (Å²) in [6.07, 6.45) is 0. The van der Waals surface area contributed by atoms with E-state index >= 15 is 0 Å². The second-order valence-electron chi connectivity index (χ2n) is 0.751. The molecule has 0 unspecified atom stereocenters. The van der Waals surface area contributed by atoms with Crippen molar-refractivity contribution in [1.82, 2.24) is 10.9 Å². The van der Waals surface area contributed by atoms with Crippen molar-refractivity contribution in [2.75, 3.05) is 0 Å². The monoisotopic (exact) mass is 135 g/mol. The van der Waals surface area contributed by atoms with E-state index in [1.807, 2.05) is 0 Å². The SMILES string of the molecule is NC(=S)NNC=S. The molecule has 0 aliphatic heterocycles. The van der Waals surface area contributed by atoms with Crippen LogP contribution in [0.15, 0.2) is 0 Å². The van der Waals surface area contributed by atoms with Crippen LogP contribution in [-0.2, 0) is 0 Å². The lowest BCUT2D eigenvalue weighted by molar-refractivity contribution is 0.898. The van der Waals surface area contributed by atoms with Crippen LogP contribution in [0.1, 0.15) is 0 Å². The highest BCUT2D eigenvalue weighted by Crippen LogP contribution is 1.46. The predicted octanol–water partition coefficient (Wildman–Crippen LogP) is -0.719. The van der Waals surface area contributed by atoms with Crippen LogP contribution in [0.25, 0.3) is 0 Å². The van der Waals surface area contributed by atoms with E-state index in [4.69, 9.17) is 5.73 Å². The fourth-order valence-corrected chi connectivity index (χ4v) is 0.218. The minimum Gasteiger partial charge on any atom is -0.375 e. The number of nitrogens with two attached hydrogens (primary N) is 1. The molecule has 0 spiro atoms. The summed E-state index contributed by atoms with van der Waals surface area (Å²) < 4.78 is 0. The first kappa shape index (κ1) is 6.58. The third-order valence-corrected chi connectivity index (χ3v) is 0.474. The lowest BCUT2D eigenvalue weighted by atomic mass is 11.2. The molecule has 40 valence electrons. The third-order valence-electron chi connectivity index (χ3n) is 0.254. The van der Waals surface area contributed by atoms with Crippen LogP contribution >= 0.6 is 24.4 Å². The van der Waals surface area contributed by atoms with Gasteiger partial charge in [0.2, 0.25) is 0 Å². The Morgan fingerprint density at radius 2 is 2.29 bits per heavy atom. The van der Waals surface area contributed by atoms with Gasteiger partial charge in [-0.25, -0.2) is 0 Å². The maximum atomic E-state index is 4.97. The first-order valence-corrected chi connectivity index (χ1v) is 2.40. The van der Waals surface area contributed by atoms with Gasteiger partial charge in [0.05, 0.1) is 5.49 Å². The molecule has 0 rings (SSSR count). The van der Waals surface area contributed by atoms with Gasteiger partial charge in [-0.2, -0.15) is 0 Å². The van der Waals surface area contributed by atoms with Gasteiger partial charge in [-0.15, -0.1) is 0 Å². The van der Waals surface area contributed by atoms with Crippen LogP contribution < -0.4 is 16.6 Å². The molecular weight excluding hydrogens is 130 g/mol. The molecule has 0 aliphatic rings. The summed E-state index contributed by atoms with van der Waals surface area (Å²) in [7, 11) is 0. The van der Waals surface area contributed by atoms with Crippen molar-refractivity contribution < 1.29 is 0 Å². The maximum Gasteiger partial charge on any atom is 0.182 e. The molecule has 0 atom stereocenters. The molecule has 0 radical (unpaired) electrons. The van der Waals surface area contributed by atoms with Crippen molar-refractivity contribution >= 4 is 35.0 Å². The van der Waals surface area contributed by atoms with Gasteiger partial charge in [0.25, 0.3) is 0 Å². The Morgan fingerprint density at radius 3 is 2.43 bits per heavy atom. The highest BCUT2D eigenvalue weighted by Gasteiger charge is 1.74. The van der Waals surface area contributed by atoms with Crippen LogP contribution in [0.2, 0.25) is 0 Å². The number of hydrazine groups is 1. The van der Waals surface area contributed by atoms with E-state index in [9.17, 15) is 0 Å². The van der Waals surface area contributed by atoms with E-state index in [-0.39, 0.29) is 5.11 Å². The molecule has 4 N–H and O–H groups in total. The van der Waals surface area contributed by atoms with E-state index in [0.717, 1.165) is 0 Å². The van der Waals surface area contributed by atoms with Crippen molar-refractivity contribution in [3.8, 4) is 0 Å². The topological polar surface area (TPSA) is 50.1 Å². The van der Waals surface area contributed by atoms with Crippen molar-refractivity contribution in [2.24, 2.45) is 5.73 Å². The highest BCUT2D eigenvalue weighted by molar-refractivity contribution is 7.80. The molecule has 0 heterocycles. The number of thiocarbonyl (C=S) groups is 2. The molecular formula is C2H5N3S2. The number of rotatable bonds is 2. The molecule has 7 heavy (non-hydrogen) atoms. The lowest BCUT2D eigenvalue weighted by Gasteiger charge is -1.97. The van der Waals surface area contributed by atoms with Crippen LogP contribution in [0, 0.1) is 0 Å². The van der Waals surface area contributed by atoms with Crippen LogP contribution in [0.3, 0.4) is 0 Å². The molecule has 0 fully saturated rings. The first-order valence-electron chi connectivity index (χ1n) is 1.52. The van der Waals surface area contributed by atoms with Crippen molar-refractivity contribution in [3.05, 3.63) is 0 Å². The Bertz CT molecular complexity index is 81.0. The second-order valence-corrected chi connectivity index (χ2v) is 1.43. The molecule has 0 saturated carbocycles. The first-order chi connectivity index (χ1) is 3.27. The largest absolute Gasteiger partial charge is 0.375 e. The Hall–Kier alpha value is -0.420. The van der Waals surface area contributed by atoms with E-state index < -0.39 is 0 Å². The minimum atomic E-state index is 0.182. The number of nitrogens with one attached hydrogen (secondary N) is 2. The summed E-state index contributed by atoms with van der Waals surface area (Å²) in [6, 6.07) is 0. The van der Waals surface area contributed by atoms with E-state index in [1.54, 1.807) is 0 Å². The van der Waals surface area contributed by atoms with Gasteiger partial charge in [0.15, 0.2) is 5.11 Å². The third kappa shape index (κ3) is 5.58. The highest BCUT2D eigenvalue weighted by atomic mass is 32.1. The van der Waals surface area contributed by atoms with Crippen molar-refractivity contribution in [2.45, 2.75) is 0 Å². The normalized spacial score (nSPS) is 6.86. The Kier molecular flexibility index (Phi) is 3.53. The number of hydrogen-bond donors (Lipinski definition) is 3. The van der Waals surface area contributed by atoms with Crippen LogP contribution in [-0.4, -0.2) is 10.6 Å². The predicted molar refractivity (Wildman–Crippen MR) is 36.7 cm³/mol. The molecule has 0 aliphatic carbocycles. The molecule has 0 aromatic heterocycles. The zero-order valence-corrected chi connectivity index (χ0v) is 5.10. The Balaban J connectivity index is 2.97. The quantitative estimate of drug-likeness (QED) is 0.345. The maximum absolute atomic E-state index is 4.97. The van der Waals surface area contributed by atoms with Gasteiger partial charge in [-0.1, -0.05) is 12.2 Å². The zero-order valence-electron chi connectivity index (χ0n) is 3.47. The van der Waals surface area contributed by atoms with E-state index in [0.29, 0.717) is 0 Å². The summed E-state index contributed by atoms with van der Waals surface area (Å²) in [5, 5.41) is 0.182. The zero-order chi connectivity index (χ0) is 5.70. The smallest absolute Gasteiger partial charge is 0.182 e. The summed E-state index contributed by atoms with van der Waals surface area (Å²) in [6.45, 7) is 0. The average Bonchev–Trinajstić information content (AvgIpc) is 1.61. The molecule has 0 amide bonds. The molecule has 0 aromatic rings. The van der Waals surface area contributed by atoms with Gasteiger partial charge >= 0.3 is 0 Å². The van der Waals surface area contributed by atoms with Gasteiger partial charge in [-0.05, 0) is 12.2 Å². The fourth-order valence-electron chi connectivity index (χ4n) is 0.101. The summed E-state index contributed by atoms with van der Waals surface area (Å²) in [5.41, 5.74) is 11.1. The van der Waals surface area contributed by atoms with Crippen LogP contribution in [0.5, 0.6) is 0 Å². The van der Waals surface area contributed by atoms with E-state index in [2.05, 4.69) is 35.3 Å². The van der Waals surface area contributed by atoms with Crippen molar-refractivity contribution in [1.29, 1.82) is 0 Å². The van der Waals surface area contributed by atoms with Crippen molar-refractivity contribution in [3.63, 3.8) is 0 Å². The standard InChI is InChI=1S/C2H5N3S2/c3-2(7)5-4-1-6/h1H,(H,4,6)(H3,3,5,7). The molecule has 3 nitrogen and oxygen atoms in total. The second kappa shape index (κ2) is 3.76. The molecule has 0 saturated heterocycles. The Labute approximate surface area is 52.2 Å². The summed E-state index contributed by atoms with van der Waals surface area (Å²) in [5.74, 6) is 0. The average molecular weight is 135 g/mol. The van der Waals surface area contributed by atoms with Crippen LogP contribution in [0.4, 0.5) is 0 Å². The number of hydrogen-bond acceptors (Lipinski definition) is 2. The van der Waals surface area contributed by atoms with Gasteiger partial charge in [0, 0.05) is 0 Å². The molecule has 0 aromatic carbocycles. The fraction of sp³-hybridized carbons (Fsp3) is 0. The van der Waals surface area contributed by atoms with Gasteiger partial charge in [0.1, 0.15) is 0 Å². The molecule has 5 heteroatoms. The summed E-state index contributed by atoms with van der Waals surface area (Å²) in [4.78, 5) is 0. The lowest BCUT2D eigenvalue weighted by Crippen LogP contribution is -2.39. The van der Waals surface area contributed by atoms with Gasteiger partial charge in [-0.3, -0.25) is 10.9 Å².